The lowest BCUT2D eigenvalue weighted by molar-refractivity contribution is -0.134. The number of benzene rings is 1. The number of rotatable bonds is 4. The van der Waals surface area contributed by atoms with Crippen molar-refractivity contribution in [2.24, 2.45) is 0 Å². The second-order valence-corrected chi connectivity index (χ2v) is 6.79. The molecule has 0 bridgehead atoms. The summed E-state index contributed by atoms with van der Waals surface area (Å²) in [6.07, 6.45) is 1.86. The van der Waals surface area contributed by atoms with Crippen LogP contribution < -0.4 is 14.2 Å². The van der Waals surface area contributed by atoms with Crippen LogP contribution in [0, 0.1) is 0 Å². The van der Waals surface area contributed by atoms with Crippen LogP contribution in [-0.4, -0.2) is 55.4 Å². The van der Waals surface area contributed by atoms with Gasteiger partial charge in [0.25, 0.3) is 0 Å². The van der Waals surface area contributed by atoms with Crippen LogP contribution in [-0.2, 0) is 4.79 Å². The molecule has 0 aromatic heterocycles. The average molecular weight is 368 g/mol. The molecule has 0 unspecified atom stereocenters. The lowest BCUT2D eigenvalue weighted by Crippen LogP contribution is -2.52. The van der Waals surface area contributed by atoms with Gasteiger partial charge in [0.05, 0.1) is 20.6 Å². The van der Waals surface area contributed by atoms with E-state index in [0.717, 1.165) is 0 Å². The number of hydrogen-bond acceptors (Lipinski definition) is 5. The highest BCUT2D eigenvalue weighted by molar-refractivity contribution is 6.18. The second-order valence-electron chi connectivity index (χ2n) is 6.41. The molecule has 2 aliphatic rings. The van der Waals surface area contributed by atoms with Gasteiger partial charge >= 0.3 is 0 Å². The van der Waals surface area contributed by atoms with Crippen molar-refractivity contribution in [2.45, 2.75) is 31.3 Å². The summed E-state index contributed by atoms with van der Waals surface area (Å²) < 4.78 is 16.9. The van der Waals surface area contributed by atoms with Gasteiger partial charge in [0.15, 0.2) is 5.78 Å². The van der Waals surface area contributed by atoms with Gasteiger partial charge < -0.3 is 19.1 Å². The number of ether oxygens (including phenoxy) is 3. The molecule has 2 heterocycles. The van der Waals surface area contributed by atoms with E-state index in [0.29, 0.717) is 67.5 Å². The minimum atomic E-state index is -0.570. The Morgan fingerprint density at radius 3 is 2.60 bits per heavy atom. The first-order valence-electron chi connectivity index (χ1n) is 8.34. The van der Waals surface area contributed by atoms with Crippen molar-refractivity contribution in [3.05, 3.63) is 17.7 Å². The topological polar surface area (TPSA) is 65.1 Å². The zero-order valence-corrected chi connectivity index (χ0v) is 15.2. The molecule has 1 aromatic rings. The number of piperidine rings is 1. The summed E-state index contributed by atoms with van der Waals surface area (Å²) in [5.41, 5.74) is -0.103. The Morgan fingerprint density at radius 2 is 2.00 bits per heavy atom. The number of methoxy groups -OCH3 is 2. The Bertz CT molecular complexity index is 682. The predicted molar refractivity (Wildman–Crippen MR) is 93.0 cm³/mol. The quantitative estimate of drug-likeness (QED) is 0.765. The number of carbonyl (C=O) groups is 2. The monoisotopic (exact) mass is 367 g/mol. The molecule has 0 atom stereocenters. The molecule has 0 aliphatic carbocycles. The standard InChI is InChI=1S/C18H22ClNO5/c1-23-12-9-14(24-2)17-13(21)11-18(25-15(17)10-12)4-7-20(8-5-18)16(22)3-6-19/h9-10H,3-8,11H2,1-2H3. The fourth-order valence-electron chi connectivity index (χ4n) is 3.53. The number of carbonyl (C=O) groups excluding carboxylic acids is 2. The van der Waals surface area contributed by atoms with E-state index in [1.165, 1.54) is 7.11 Å². The minimum Gasteiger partial charge on any atom is -0.496 e. The van der Waals surface area contributed by atoms with Gasteiger partial charge in [-0.25, -0.2) is 0 Å². The van der Waals surface area contributed by atoms with Gasteiger partial charge in [0, 0.05) is 50.4 Å². The third-order valence-electron chi connectivity index (χ3n) is 4.92. The molecule has 1 amide bonds. The van der Waals surface area contributed by atoms with Crippen molar-refractivity contribution in [3.8, 4) is 17.2 Å². The third kappa shape index (κ3) is 3.40. The van der Waals surface area contributed by atoms with Crippen LogP contribution in [0.4, 0.5) is 0 Å². The first-order chi connectivity index (χ1) is 12.0. The summed E-state index contributed by atoms with van der Waals surface area (Å²) in [4.78, 5) is 26.6. The van der Waals surface area contributed by atoms with Crippen LogP contribution in [0.5, 0.6) is 17.2 Å². The van der Waals surface area contributed by atoms with E-state index in [2.05, 4.69) is 0 Å². The first-order valence-corrected chi connectivity index (χ1v) is 8.87. The molecule has 1 aromatic carbocycles. The third-order valence-corrected chi connectivity index (χ3v) is 5.11. The number of hydrogen-bond donors (Lipinski definition) is 0. The van der Waals surface area contributed by atoms with Gasteiger partial charge in [-0.2, -0.15) is 0 Å². The maximum atomic E-state index is 12.8. The molecule has 0 radical (unpaired) electrons. The van der Waals surface area contributed by atoms with Gasteiger partial charge in [-0.05, 0) is 0 Å². The lowest BCUT2D eigenvalue weighted by atomic mass is 9.82. The van der Waals surface area contributed by atoms with E-state index >= 15 is 0 Å². The molecule has 0 saturated carbocycles. The number of fused-ring (bicyclic) bond motifs is 1. The number of likely N-dealkylation sites (tertiary alicyclic amines) is 1. The summed E-state index contributed by atoms with van der Waals surface area (Å²) in [5, 5.41) is 0. The van der Waals surface area contributed by atoms with E-state index in [4.69, 9.17) is 25.8 Å². The Morgan fingerprint density at radius 1 is 1.28 bits per heavy atom. The first kappa shape index (κ1) is 17.9. The molecule has 136 valence electrons. The molecule has 0 N–H and O–H groups in total. The summed E-state index contributed by atoms with van der Waals surface area (Å²) in [6, 6.07) is 3.41. The maximum absolute atomic E-state index is 12.8. The molecule has 1 spiro atoms. The fraction of sp³-hybridized carbons (Fsp3) is 0.556. The fourth-order valence-corrected chi connectivity index (χ4v) is 3.69. The Hall–Kier alpha value is -1.95. The van der Waals surface area contributed by atoms with Crippen LogP contribution in [0.2, 0.25) is 0 Å². The van der Waals surface area contributed by atoms with E-state index in [1.54, 1.807) is 24.1 Å². The highest BCUT2D eigenvalue weighted by Gasteiger charge is 2.44. The van der Waals surface area contributed by atoms with Crippen molar-refractivity contribution in [1.82, 2.24) is 4.90 Å². The highest BCUT2D eigenvalue weighted by atomic mass is 35.5. The smallest absolute Gasteiger partial charge is 0.223 e. The van der Waals surface area contributed by atoms with E-state index in [9.17, 15) is 9.59 Å². The van der Waals surface area contributed by atoms with Crippen LogP contribution in [0.25, 0.3) is 0 Å². The van der Waals surface area contributed by atoms with Gasteiger partial charge in [-0.1, -0.05) is 0 Å². The number of halogens is 1. The van der Waals surface area contributed by atoms with Gasteiger partial charge in [-0.3, -0.25) is 9.59 Å². The molecule has 7 heteroatoms. The Labute approximate surface area is 152 Å². The average Bonchev–Trinajstić information content (AvgIpc) is 2.61. The van der Waals surface area contributed by atoms with Gasteiger partial charge in [0.1, 0.15) is 28.4 Å². The molecule has 1 saturated heterocycles. The van der Waals surface area contributed by atoms with Crippen LogP contribution in [0.1, 0.15) is 36.0 Å². The summed E-state index contributed by atoms with van der Waals surface area (Å²) >= 11 is 5.65. The zero-order valence-electron chi connectivity index (χ0n) is 14.5. The number of Topliss-reactive ketones (excluding diaryl/α,β-unsaturated/α-hetero) is 1. The van der Waals surface area contributed by atoms with E-state index < -0.39 is 5.60 Å². The van der Waals surface area contributed by atoms with Crippen molar-refractivity contribution in [1.29, 1.82) is 0 Å². The Kier molecular flexibility index (Phi) is 5.08. The van der Waals surface area contributed by atoms with Crippen molar-refractivity contribution >= 4 is 23.3 Å². The van der Waals surface area contributed by atoms with Crippen molar-refractivity contribution in [2.75, 3.05) is 33.2 Å². The second kappa shape index (κ2) is 7.12. The molecular weight excluding hydrogens is 346 g/mol. The van der Waals surface area contributed by atoms with E-state index in [-0.39, 0.29) is 11.7 Å². The maximum Gasteiger partial charge on any atom is 0.223 e. The zero-order chi connectivity index (χ0) is 18.0. The molecule has 1 fully saturated rings. The minimum absolute atomic E-state index is 0.00119. The predicted octanol–water partition coefficient (Wildman–Crippen LogP) is 2.66. The van der Waals surface area contributed by atoms with Gasteiger partial charge in [0.2, 0.25) is 5.91 Å². The van der Waals surface area contributed by atoms with Crippen molar-refractivity contribution in [3.63, 3.8) is 0 Å². The van der Waals surface area contributed by atoms with Gasteiger partial charge in [-0.15, -0.1) is 11.6 Å². The molecule has 2 aliphatic heterocycles. The van der Waals surface area contributed by atoms with Crippen LogP contribution in [0.3, 0.4) is 0 Å². The number of amides is 1. The largest absolute Gasteiger partial charge is 0.496 e. The molecule has 6 nitrogen and oxygen atoms in total. The summed E-state index contributed by atoms with van der Waals surface area (Å²) in [5.74, 6) is 1.91. The summed E-state index contributed by atoms with van der Waals surface area (Å²) in [7, 11) is 3.08. The lowest BCUT2D eigenvalue weighted by Gasteiger charge is -2.44. The highest BCUT2D eigenvalue weighted by Crippen LogP contribution is 2.44. The molecule has 3 rings (SSSR count). The molecule has 25 heavy (non-hydrogen) atoms. The van der Waals surface area contributed by atoms with Crippen LogP contribution >= 0.6 is 11.6 Å². The van der Waals surface area contributed by atoms with E-state index in [1.807, 2.05) is 0 Å². The normalized spacial score (nSPS) is 18.5. The van der Waals surface area contributed by atoms with Crippen molar-refractivity contribution < 1.29 is 23.8 Å². The summed E-state index contributed by atoms with van der Waals surface area (Å²) in [6.45, 7) is 1.14. The van der Waals surface area contributed by atoms with Crippen LogP contribution in [0.15, 0.2) is 12.1 Å². The molecular formula is C18H22ClNO5. The number of ketones is 1. The number of alkyl halides is 1. The Balaban J connectivity index is 1.82. The SMILES string of the molecule is COc1cc(OC)c2c(c1)OC1(CCN(C(=O)CCCl)CC1)CC2=O. The number of nitrogens with zero attached hydrogens (tertiary/aromatic N) is 1.